The first-order valence-corrected chi connectivity index (χ1v) is 6.21. The lowest BCUT2D eigenvalue weighted by atomic mass is 10.1. The van der Waals surface area contributed by atoms with Crippen LogP contribution in [0.2, 0.25) is 0 Å². The molecule has 14 heavy (non-hydrogen) atoms. The molecule has 0 rings (SSSR count). The molecule has 0 aromatic heterocycles. The Labute approximate surface area is 92.5 Å². The van der Waals surface area contributed by atoms with Crippen LogP contribution in [-0.2, 0) is 0 Å². The molecular formula is C14H31. The molecule has 87 valence electrons. The van der Waals surface area contributed by atoms with Gasteiger partial charge in [0.05, 0.1) is 0 Å². The molecule has 0 atom stereocenters. The molecule has 0 nitrogen and oxygen atoms in total. The highest BCUT2D eigenvalue weighted by atomic mass is 14.0. The molecule has 0 aliphatic carbocycles. The lowest BCUT2D eigenvalue weighted by Gasteiger charge is -2.00. The van der Waals surface area contributed by atoms with E-state index in [0.29, 0.717) is 0 Å². The van der Waals surface area contributed by atoms with Crippen LogP contribution in [0.25, 0.3) is 0 Å². The van der Waals surface area contributed by atoms with Crippen molar-refractivity contribution in [2.75, 3.05) is 0 Å². The molecule has 0 saturated heterocycles. The minimum atomic E-state index is 0. The fraction of sp³-hybridized carbons (Fsp3) is 0.929. The van der Waals surface area contributed by atoms with Gasteiger partial charge in [0.25, 0.3) is 0 Å². The van der Waals surface area contributed by atoms with Gasteiger partial charge in [-0.15, -0.1) is 0 Å². The summed E-state index contributed by atoms with van der Waals surface area (Å²) in [6.07, 6.45) is 15.4. The van der Waals surface area contributed by atoms with E-state index < -0.39 is 0 Å². The molecular weight excluding hydrogens is 168 g/mol. The first kappa shape index (κ1) is 16.4. The van der Waals surface area contributed by atoms with E-state index in [4.69, 9.17) is 0 Å². The van der Waals surface area contributed by atoms with E-state index in [-0.39, 0.29) is 7.43 Å². The van der Waals surface area contributed by atoms with Gasteiger partial charge >= 0.3 is 0 Å². The van der Waals surface area contributed by atoms with Crippen molar-refractivity contribution in [1.29, 1.82) is 0 Å². The Kier molecular flexibility index (Phi) is 18.2. The lowest BCUT2D eigenvalue weighted by Crippen LogP contribution is -1.81. The topological polar surface area (TPSA) is 0 Å². The van der Waals surface area contributed by atoms with E-state index in [1.54, 1.807) is 0 Å². The third-order valence-electron chi connectivity index (χ3n) is 2.60. The Bertz CT molecular complexity index is 66.1. The fourth-order valence-corrected chi connectivity index (χ4v) is 1.66. The van der Waals surface area contributed by atoms with Crippen molar-refractivity contribution in [2.24, 2.45) is 0 Å². The normalized spacial score (nSPS) is 9.86. The summed E-state index contributed by atoms with van der Waals surface area (Å²) < 4.78 is 0. The summed E-state index contributed by atoms with van der Waals surface area (Å²) in [5.74, 6) is 0. The number of unbranched alkanes of at least 4 members (excludes halogenated alkanes) is 10. The molecule has 0 heterocycles. The molecule has 0 heteroatoms. The van der Waals surface area contributed by atoms with Crippen LogP contribution in [0, 0.1) is 6.92 Å². The first-order valence-electron chi connectivity index (χ1n) is 6.21. The van der Waals surface area contributed by atoms with Crippen LogP contribution in [0.1, 0.15) is 85.0 Å². The van der Waals surface area contributed by atoms with Gasteiger partial charge < -0.3 is 0 Å². The van der Waals surface area contributed by atoms with Crippen molar-refractivity contribution >= 4 is 0 Å². The van der Waals surface area contributed by atoms with Gasteiger partial charge in [-0.05, 0) is 0 Å². The molecule has 0 spiro atoms. The van der Waals surface area contributed by atoms with Gasteiger partial charge in [0.2, 0.25) is 0 Å². The average molecular weight is 199 g/mol. The lowest BCUT2D eigenvalue weighted by molar-refractivity contribution is 0.557. The fourth-order valence-electron chi connectivity index (χ4n) is 1.66. The quantitative estimate of drug-likeness (QED) is 0.392. The van der Waals surface area contributed by atoms with Gasteiger partial charge in [-0.25, -0.2) is 0 Å². The summed E-state index contributed by atoms with van der Waals surface area (Å²) in [6.45, 7) is 6.13. The van der Waals surface area contributed by atoms with Crippen molar-refractivity contribution in [3.63, 3.8) is 0 Å². The Morgan fingerprint density at radius 3 is 1.36 bits per heavy atom. The standard InChI is InChI=1S/C13H27.CH4/c1-3-5-7-9-11-13-12-10-8-6-4-2;/h1,3-13H2,2H3;1H4. The van der Waals surface area contributed by atoms with Crippen LogP contribution in [0.15, 0.2) is 0 Å². The average Bonchev–Trinajstić information content (AvgIpc) is 2.16. The molecule has 0 aromatic carbocycles. The largest absolute Gasteiger partial charge is 0.0776 e. The van der Waals surface area contributed by atoms with Crippen molar-refractivity contribution < 1.29 is 0 Å². The molecule has 0 unspecified atom stereocenters. The zero-order chi connectivity index (χ0) is 9.78. The van der Waals surface area contributed by atoms with Gasteiger partial charge in [0, 0.05) is 0 Å². The summed E-state index contributed by atoms with van der Waals surface area (Å²) in [5.41, 5.74) is 0. The molecule has 0 aliphatic heterocycles. The number of hydrogen-bond donors (Lipinski definition) is 0. The second kappa shape index (κ2) is 15.5. The Morgan fingerprint density at radius 2 is 1.00 bits per heavy atom. The molecule has 0 fully saturated rings. The minimum absolute atomic E-state index is 0. The monoisotopic (exact) mass is 199 g/mol. The third kappa shape index (κ3) is 14.5. The SMILES string of the molecule is C.[CH2]CCCCCCCCCCCC. The molecule has 0 aromatic rings. The van der Waals surface area contributed by atoms with E-state index >= 15 is 0 Å². The first-order chi connectivity index (χ1) is 6.41. The highest BCUT2D eigenvalue weighted by molar-refractivity contribution is 4.48. The van der Waals surface area contributed by atoms with E-state index in [1.807, 2.05) is 0 Å². The van der Waals surface area contributed by atoms with Gasteiger partial charge in [-0.2, -0.15) is 0 Å². The van der Waals surface area contributed by atoms with E-state index in [2.05, 4.69) is 13.8 Å². The van der Waals surface area contributed by atoms with E-state index in [0.717, 1.165) is 6.42 Å². The Balaban J connectivity index is 0. The maximum Gasteiger partial charge on any atom is -0.0533 e. The predicted octanol–water partition coefficient (Wildman–Crippen LogP) is 5.77. The molecule has 0 bridgehead atoms. The van der Waals surface area contributed by atoms with Crippen LogP contribution in [-0.4, -0.2) is 0 Å². The van der Waals surface area contributed by atoms with E-state index in [9.17, 15) is 0 Å². The molecule has 0 aliphatic rings. The number of hydrogen-bond acceptors (Lipinski definition) is 0. The summed E-state index contributed by atoms with van der Waals surface area (Å²) in [4.78, 5) is 0. The van der Waals surface area contributed by atoms with Gasteiger partial charge in [-0.3, -0.25) is 0 Å². The van der Waals surface area contributed by atoms with Crippen molar-refractivity contribution in [3.8, 4) is 0 Å². The Morgan fingerprint density at radius 1 is 0.643 bits per heavy atom. The maximum atomic E-state index is 3.85. The highest BCUT2D eigenvalue weighted by Crippen LogP contribution is 2.10. The van der Waals surface area contributed by atoms with Gasteiger partial charge in [-0.1, -0.05) is 91.9 Å². The van der Waals surface area contributed by atoms with Crippen LogP contribution in [0.5, 0.6) is 0 Å². The van der Waals surface area contributed by atoms with Crippen LogP contribution < -0.4 is 0 Å². The third-order valence-corrected chi connectivity index (χ3v) is 2.60. The molecule has 0 N–H and O–H groups in total. The predicted molar refractivity (Wildman–Crippen MR) is 68.5 cm³/mol. The second-order valence-electron chi connectivity index (χ2n) is 4.04. The molecule has 1 radical (unpaired) electrons. The molecule has 0 amide bonds. The van der Waals surface area contributed by atoms with Crippen molar-refractivity contribution in [1.82, 2.24) is 0 Å². The Hall–Kier alpha value is 0. The summed E-state index contributed by atoms with van der Waals surface area (Å²) in [7, 11) is 0. The maximum absolute atomic E-state index is 3.85. The van der Waals surface area contributed by atoms with Crippen molar-refractivity contribution in [2.45, 2.75) is 85.0 Å². The minimum Gasteiger partial charge on any atom is -0.0776 e. The second-order valence-corrected chi connectivity index (χ2v) is 4.04. The highest BCUT2D eigenvalue weighted by Gasteiger charge is 1.90. The zero-order valence-corrected chi connectivity index (χ0v) is 9.49. The summed E-state index contributed by atoms with van der Waals surface area (Å²) in [5, 5.41) is 0. The van der Waals surface area contributed by atoms with Crippen LogP contribution >= 0.6 is 0 Å². The van der Waals surface area contributed by atoms with Crippen molar-refractivity contribution in [3.05, 3.63) is 6.92 Å². The van der Waals surface area contributed by atoms with Gasteiger partial charge in [0.1, 0.15) is 0 Å². The zero-order valence-electron chi connectivity index (χ0n) is 9.49. The summed E-state index contributed by atoms with van der Waals surface area (Å²) >= 11 is 0. The van der Waals surface area contributed by atoms with Crippen LogP contribution in [0.4, 0.5) is 0 Å². The van der Waals surface area contributed by atoms with E-state index in [1.165, 1.54) is 64.2 Å². The van der Waals surface area contributed by atoms with Gasteiger partial charge in [0.15, 0.2) is 0 Å². The van der Waals surface area contributed by atoms with Crippen LogP contribution in [0.3, 0.4) is 0 Å². The smallest absolute Gasteiger partial charge is 0.0533 e. The summed E-state index contributed by atoms with van der Waals surface area (Å²) in [6, 6.07) is 0. The molecule has 0 saturated carbocycles. The number of rotatable bonds is 10.